The van der Waals surface area contributed by atoms with Crippen molar-refractivity contribution in [3.8, 4) is 6.07 Å². The molecule has 2 aromatic rings. The SMILES string of the molecule is Cc1ccc(CNC(=O)/C(C#N)=C/c2cc(C)n(CC(C)C)c2C)cc1. The zero-order chi connectivity index (χ0) is 19.3. The van der Waals surface area contributed by atoms with Crippen molar-refractivity contribution in [2.45, 2.75) is 47.7 Å². The van der Waals surface area contributed by atoms with E-state index in [0.717, 1.165) is 29.1 Å². The van der Waals surface area contributed by atoms with Gasteiger partial charge in [-0.05, 0) is 50.0 Å². The number of nitrogens with zero attached hydrogens (tertiary/aromatic N) is 2. The van der Waals surface area contributed by atoms with Gasteiger partial charge in [-0.25, -0.2) is 0 Å². The first-order valence-corrected chi connectivity index (χ1v) is 8.94. The molecule has 1 N–H and O–H groups in total. The minimum absolute atomic E-state index is 0.127. The van der Waals surface area contributed by atoms with Crippen molar-refractivity contribution in [3.63, 3.8) is 0 Å². The van der Waals surface area contributed by atoms with Gasteiger partial charge in [-0.15, -0.1) is 0 Å². The molecule has 0 bridgehead atoms. The molecular weight excluding hydrogens is 322 g/mol. The highest BCUT2D eigenvalue weighted by Gasteiger charge is 2.13. The minimum atomic E-state index is -0.346. The zero-order valence-corrected chi connectivity index (χ0v) is 16.3. The third-order valence-corrected chi connectivity index (χ3v) is 4.40. The molecule has 26 heavy (non-hydrogen) atoms. The lowest BCUT2D eigenvalue weighted by Gasteiger charge is -2.12. The summed E-state index contributed by atoms with van der Waals surface area (Å²) in [7, 11) is 0. The number of hydrogen-bond donors (Lipinski definition) is 1. The summed E-state index contributed by atoms with van der Waals surface area (Å²) in [6.45, 7) is 11.8. The summed E-state index contributed by atoms with van der Waals surface area (Å²) in [4.78, 5) is 12.4. The summed E-state index contributed by atoms with van der Waals surface area (Å²) < 4.78 is 2.23. The molecule has 0 aliphatic rings. The van der Waals surface area contributed by atoms with E-state index >= 15 is 0 Å². The Hall–Kier alpha value is -2.80. The van der Waals surface area contributed by atoms with Crippen LogP contribution in [0.5, 0.6) is 0 Å². The quantitative estimate of drug-likeness (QED) is 0.624. The lowest BCUT2D eigenvalue weighted by atomic mass is 10.1. The number of hydrogen-bond acceptors (Lipinski definition) is 2. The summed E-state index contributed by atoms with van der Waals surface area (Å²) in [5, 5.41) is 12.2. The Bertz CT molecular complexity index is 849. The van der Waals surface area contributed by atoms with Crippen LogP contribution in [-0.4, -0.2) is 10.5 Å². The van der Waals surface area contributed by atoms with E-state index in [1.807, 2.05) is 50.2 Å². The highest BCUT2D eigenvalue weighted by Crippen LogP contribution is 2.19. The van der Waals surface area contributed by atoms with Crippen LogP contribution in [0, 0.1) is 38.0 Å². The van der Waals surface area contributed by atoms with Gasteiger partial charge in [0.05, 0.1) is 0 Å². The molecule has 1 heterocycles. The third kappa shape index (κ3) is 4.86. The molecule has 4 heteroatoms. The summed E-state index contributed by atoms with van der Waals surface area (Å²) in [5.41, 5.74) is 5.45. The van der Waals surface area contributed by atoms with Crippen LogP contribution in [0.15, 0.2) is 35.9 Å². The van der Waals surface area contributed by atoms with Gasteiger partial charge in [0, 0.05) is 24.5 Å². The fourth-order valence-electron chi connectivity index (χ4n) is 2.91. The lowest BCUT2D eigenvalue weighted by Crippen LogP contribution is -2.23. The van der Waals surface area contributed by atoms with Crippen molar-refractivity contribution in [3.05, 3.63) is 64.0 Å². The van der Waals surface area contributed by atoms with E-state index in [0.29, 0.717) is 12.5 Å². The normalized spacial score (nSPS) is 11.5. The number of nitriles is 1. The maximum atomic E-state index is 12.4. The number of carbonyl (C=O) groups excluding carboxylic acids is 1. The van der Waals surface area contributed by atoms with Crippen LogP contribution in [0.4, 0.5) is 0 Å². The fourth-order valence-corrected chi connectivity index (χ4v) is 2.91. The number of carbonyl (C=O) groups is 1. The Morgan fingerprint density at radius 3 is 2.46 bits per heavy atom. The Kier molecular flexibility index (Phi) is 6.41. The Morgan fingerprint density at radius 2 is 1.88 bits per heavy atom. The van der Waals surface area contributed by atoms with E-state index in [-0.39, 0.29) is 11.5 Å². The fraction of sp³-hybridized carbons (Fsp3) is 0.364. The number of aromatic nitrogens is 1. The molecule has 2 rings (SSSR count). The summed E-state index contributed by atoms with van der Waals surface area (Å²) >= 11 is 0. The first-order valence-electron chi connectivity index (χ1n) is 8.94. The molecule has 0 spiro atoms. The van der Waals surface area contributed by atoms with Crippen molar-refractivity contribution < 1.29 is 4.79 Å². The van der Waals surface area contributed by atoms with E-state index in [9.17, 15) is 10.1 Å². The van der Waals surface area contributed by atoms with Crippen LogP contribution in [0.2, 0.25) is 0 Å². The van der Waals surface area contributed by atoms with Crippen LogP contribution in [0.25, 0.3) is 6.08 Å². The summed E-state index contributed by atoms with van der Waals surface area (Å²) in [6.07, 6.45) is 1.68. The van der Waals surface area contributed by atoms with Crippen LogP contribution < -0.4 is 5.32 Å². The molecule has 0 aliphatic heterocycles. The first-order chi connectivity index (χ1) is 12.3. The topological polar surface area (TPSA) is 57.8 Å². The Labute approximate surface area is 156 Å². The smallest absolute Gasteiger partial charge is 0.262 e. The maximum Gasteiger partial charge on any atom is 0.262 e. The molecule has 0 atom stereocenters. The van der Waals surface area contributed by atoms with Crippen molar-refractivity contribution in [2.24, 2.45) is 5.92 Å². The van der Waals surface area contributed by atoms with Crippen LogP contribution in [0.3, 0.4) is 0 Å². The van der Waals surface area contributed by atoms with Crippen molar-refractivity contribution >= 4 is 12.0 Å². The second-order valence-corrected chi connectivity index (χ2v) is 7.17. The summed E-state index contributed by atoms with van der Waals surface area (Å²) in [5.74, 6) is 0.187. The van der Waals surface area contributed by atoms with Gasteiger partial charge in [0.2, 0.25) is 0 Å². The third-order valence-electron chi connectivity index (χ3n) is 4.40. The van der Waals surface area contributed by atoms with Gasteiger partial charge < -0.3 is 9.88 Å². The molecule has 0 unspecified atom stereocenters. The average Bonchev–Trinajstić information content (AvgIpc) is 2.86. The molecule has 0 fully saturated rings. The molecule has 0 saturated heterocycles. The van der Waals surface area contributed by atoms with Gasteiger partial charge in [-0.3, -0.25) is 4.79 Å². The monoisotopic (exact) mass is 349 g/mol. The van der Waals surface area contributed by atoms with Gasteiger partial charge >= 0.3 is 0 Å². The molecule has 4 nitrogen and oxygen atoms in total. The predicted octanol–water partition coefficient (Wildman–Crippen LogP) is 4.29. The molecule has 1 aromatic carbocycles. The standard InChI is InChI=1S/C22H27N3O/c1-15(2)14-25-17(4)10-20(18(25)5)11-21(12-23)22(26)24-13-19-8-6-16(3)7-9-19/h6-11,15H,13-14H2,1-5H3,(H,24,26)/b21-11+. The Balaban J connectivity index is 2.15. The molecule has 136 valence electrons. The van der Waals surface area contributed by atoms with E-state index < -0.39 is 0 Å². The van der Waals surface area contributed by atoms with E-state index in [2.05, 4.69) is 30.7 Å². The van der Waals surface area contributed by atoms with Gasteiger partial charge in [-0.2, -0.15) is 5.26 Å². The van der Waals surface area contributed by atoms with E-state index in [1.165, 1.54) is 5.56 Å². The molecule has 1 amide bonds. The van der Waals surface area contributed by atoms with Gasteiger partial charge in [0.25, 0.3) is 5.91 Å². The molecule has 0 aliphatic carbocycles. The van der Waals surface area contributed by atoms with E-state index in [1.54, 1.807) is 6.08 Å². The van der Waals surface area contributed by atoms with Gasteiger partial charge in [0.15, 0.2) is 0 Å². The zero-order valence-electron chi connectivity index (χ0n) is 16.3. The predicted molar refractivity (Wildman–Crippen MR) is 105 cm³/mol. The van der Waals surface area contributed by atoms with Gasteiger partial charge in [0.1, 0.15) is 11.6 Å². The Morgan fingerprint density at radius 1 is 1.23 bits per heavy atom. The second-order valence-electron chi connectivity index (χ2n) is 7.17. The molecular formula is C22H27N3O. The number of aryl methyl sites for hydroxylation is 2. The van der Waals surface area contributed by atoms with Crippen LogP contribution >= 0.6 is 0 Å². The maximum absolute atomic E-state index is 12.4. The molecule has 0 radical (unpaired) electrons. The highest BCUT2D eigenvalue weighted by molar-refractivity contribution is 6.01. The van der Waals surface area contributed by atoms with Gasteiger partial charge in [-0.1, -0.05) is 43.7 Å². The van der Waals surface area contributed by atoms with Crippen molar-refractivity contribution in [1.29, 1.82) is 5.26 Å². The number of nitrogens with one attached hydrogen (secondary N) is 1. The van der Waals surface area contributed by atoms with E-state index in [4.69, 9.17) is 0 Å². The first kappa shape index (κ1) is 19.5. The summed E-state index contributed by atoms with van der Waals surface area (Å²) in [6, 6.07) is 12.0. The molecule has 1 aromatic heterocycles. The van der Waals surface area contributed by atoms with Crippen molar-refractivity contribution in [2.75, 3.05) is 0 Å². The number of amides is 1. The highest BCUT2D eigenvalue weighted by atomic mass is 16.1. The van der Waals surface area contributed by atoms with Crippen molar-refractivity contribution in [1.82, 2.24) is 9.88 Å². The lowest BCUT2D eigenvalue weighted by molar-refractivity contribution is -0.117. The number of rotatable bonds is 6. The minimum Gasteiger partial charge on any atom is -0.348 e. The van der Waals surface area contributed by atoms with Crippen LogP contribution in [0.1, 0.15) is 41.9 Å². The average molecular weight is 349 g/mol. The second kappa shape index (κ2) is 8.53. The number of benzene rings is 1. The molecule has 0 saturated carbocycles. The largest absolute Gasteiger partial charge is 0.348 e. The van der Waals surface area contributed by atoms with Crippen LogP contribution in [-0.2, 0) is 17.9 Å².